The average Bonchev–Trinajstić information content (AvgIpc) is 3.71. The van der Waals surface area contributed by atoms with E-state index < -0.39 is 0 Å². The van der Waals surface area contributed by atoms with E-state index in [4.69, 9.17) is 4.42 Å². The molecule has 0 bridgehead atoms. The first kappa shape index (κ1) is 29.5. The fourth-order valence-corrected chi connectivity index (χ4v) is 8.29. The molecule has 0 radical (unpaired) electrons. The van der Waals surface area contributed by atoms with Gasteiger partial charge >= 0.3 is 0 Å². The predicted octanol–water partition coefficient (Wildman–Crippen LogP) is 14.1. The van der Waals surface area contributed by atoms with Crippen molar-refractivity contribution in [1.82, 2.24) is 0 Å². The van der Waals surface area contributed by atoms with Crippen LogP contribution in [0, 0.1) is 0 Å². The maximum absolute atomic E-state index is 6.76. The van der Waals surface area contributed by atoms with Gasteiger partial charge in [-0.15, -0.1) is 11.3 Å². The van der Waals surface area contributed by atoms with Crippen LogP contribution in [0.5, 0.6) is 0 Å². The van der Waals surface area contributed by atoms with Crippen LogP contribution in [0.15, 0.2) is 162 Å². The molecule has 49 heavy (non-hydrogen) atoms. The Morgan fingerprint density at radius 3 is 1.82 bits per heavy atom. The first-order valence-electron chi connectivity index (χ1n) is 16.8. The molecule has 0 fully saturated rings. The molecule has 0 amide bonds. The van der Waals surface area contributed by atoms with Crippen molar-refractivity contribution in [2.75, 3.05) is 4.90 Å². The van der Waals surface area contributed by atoms with Crippen molar-refractivity contribution in [3.8, 4) is 22.3 Å². The largest absolute Gasteiger partial charge is 0.454 e. The number of furan rings is 1. The van der Waals surface area contributed by atoms with E-state index in [0.717, 1.165) is 33.6 Å². The molecular formula is C46H35NOS. The Kier molecular flexibility index (Phi) is 6.93. The number of anilines is 3. The van der Waals surface area contributed by atoms with E-state index in [1.54, 1.807) is 0 Å². The molecule has 2 nitrogen and oxygen atoms in total. The molecule has 0 saturated heterocycles. The van der Waals surface area contributed by atoms with E-state index in [9.17, 15) is 0 Å². The molecule has 0 spiro atoms. The zero-order valence-electron chi connectivity index (χ0n) is 27.8. The number of nitrogens with zero attached hydrogens (tertiary/aromatic N) is 1. The minimum atomic E-state index is -0.0204. The van der Waals surface area contributed by atoms with Crippen LogP contribution in [0.2, 0.25) is 0 Å². The van der Waals surface area contributed by atoms with Gasteiger partial charge in [-0.1, -0.05) is 124 Å². The van der Waals surface area contributed by atoms with E-state index in [-0.39, 0.29) is 5.41 Å². The average molecular weight is 650 g/mol. The van der Waals surface area contributed by atoms with Crippen molar-refractivity contribution in [2.45, 2.75) is 26.2 Å². The normalized spacial score (nSPS) is 12.0. The quantitative estimate of drug-likeness (QED) is 0.184. The van der Waals surface area contributed by atoms with Gasteiger partial charge in [-0.25, -0.2) is 0 Å². The molecule has 236 valence electrons. The lowest BCUT2D eigenvalue weighted by atomic mass is 9.84. The van der Waals surface area contributed by atoms with Crippen LogP contribution < -0.4 is 4.90 Å². The van der Waals surface area contributed by atoms with Crippen molar-refractivity contribution in [3.63, 3.8) is 0 Å². The summed E-state index contributed by atoms with van der Waals surface area (Å²) >= 11 is 1.86. The van der Waals surface area contributed by atoms with Gasteiger partial charge in [0, 0.05) is 42.3 Å². The zero-order valence-corrected chi connectivity index (χ0v) is 28.6. The topological polar surface area (TPSA) is 16.4 Å². The van der Waals surface area contributed by atoms with Crippen LogP contribution in [0.25, 0.3) is 64.4 Å². The predicted molar refractivity (Wildman–Crippen MR) is 211 cm³/mol. The van der Waals surface area contributed by atoms with E-state index in [2.05, 4.69) is 183 Å². The lowest BCUT2D eigenvalue weighted by molar-refractivity contribution is 0.594. The molecule has 9 aromatic rings. The summed E-state index contributed by atoms with van der Waals surface area (Å²) in [6, 6.07) is 56.9. The molecule has 2 heterocycles. The fourth-order valence-electron chi connectivity index (χ4n) is 7.20. The number of hydrogen-bond acceptors (Lipinski definition) is 3. The molecule has 0 aliphatic heterocycles. The van der Waals surface area contributed by atoms with Crippen molar-refractivity contribution in [1.29, 1.82) is 0 Å². The van der Waals surface area contributed by atoms with E-state index in [1.165, 1.54) is 53.4 Å². The van der Waals surface area contributed by atoms with Crippen LogP contribution in [0.3, 0.4) is 0 Å². The number of rotatable bonds is 5. The molecule has 2 aromatic heterocycles. The summed E-state index contributed by atoms with van der Waals surface area (Å²) in [6.07, 6.45) is 0. The second-order valence-electron chi connectivity index (χ2n) is 13.8. The van der Waals surface area contributed by atoms with Crippen LogP contribution in [0.4, 0.5) is 17.1 Å². The smallest absolute Gasteiger partial charge is 0.159 e. The monoisotopic (exact) mass is 649 g/mol. The van der Waals surface area contributed by atoms with E-state index in [1.807, 2.05) is 11.3 Å². The third-order valence-corrected chi connectivity index (χ3v) is 10.8. The lowest BCUT2D eigenvalue weighted by Gasteiger charge is -2.26. The van der Waals surface area contributed by atoms with Gasteiger partial charge in [-0.3, -0.25) is 0 Å². The van der Waals surface area contributed by atoms with E-state index >= 15 is 0 Å². The number of para-hydroxylation sites is 1. The van der Waals surface area contributed by atoms with Crippen molar-refractivity contribution < 1.29 is 4.42 Å². The molecule has 0 unspecified atom stereocenters. The molecule has 3 heteroatoms. The van der Waals surface area contributed by atoms with Gasteiger partial charge < -0.3 is 9.32 Å². The summed E-state index contributed by atoms with van der Waals surface area (Å²) in [5, 5.41) is 4.96. The Morgan fingerprint density at radius 1 is 0.490 bits per heavy atom. The Balaban J connectivity index is 1.19. The first-order valence-corrected chi connectivity index (χ1v) is 17.7. The second kappa shape index (κ2) is 11.5. The molecule has 0 N–H and O–H groups in total. The molecule has 0 aliphatic rings. The third kappa shape index (κ3) is 5.10. The summed E-state index contributed by atoms with van der Waals surface area (Å²) in [5.41, 5.74) is 11.0. The van der Waals surface area contributed by atoms with Gasteiger partial charge in [-0.05, 0) is 87.8 Å². The van der Waals surface area contributed by atoms with Crippen molar-refractivity contribution in [3.05, 3.63) is 163 Å². The van der Waals surface area contributed by atoms with Gasteiger partial charge in [0.05, 0.1) is 5.69 Å². The number of hydrogen-bond donors (Lipinski definition) is 0. The van der Waals surface area contributed by atoms with Gasteiger partial charge in [0.15, 0.2) is 5.58 Å². The van der Waals surface area contributed by atoms with Gasteiger partial charge in [0.1, 0.15) is 5.58 Å². The Hall–Kier alpha value is -5.64. The third-order valence-electron chi connectivity index (χ3n) is 9.62. The molecule has 0 aliphatic carbocycles. The molecule has 0 saturated carbocycles. The highest BCUT2D eigenvalue weighted by atomic mass is 32.1. The van der Waals surface area contributed by atoms with E-state index in [0.29, 0.717) is 0 Å². The maximum atomic E-state index is 6.76. The van der Waals surface area contributed by atoms with Gasteiger partial charge in [0.2, 0.25) is 0 Å². The summed E-state index contributed by atoms with van der Waals surface area (Å²) in [5.74, 6) is 0. The van der Waals surface area contributed by atoms with Gasteiger partial charge in [0.25, 0.3) is 0 Å². The standard InChI is InChI=1S/C46H35NOS/c1-46(2,3)39-15-10-17-41-44(39)37-14-9-16-40(45(37)48-41)47(34-24-19-31(20-25-34)30-11-5-4-6-12-30)35-26-21-32(22-27-35)33-23-28-43-38(29-33)36-13-7-8-18-42(36)49-43/h4-29H,1-3H3. The SMILES string of the molecule is CC(C)(C)c1cccc2oc3c(N(c4ccc(-c5ccccc5)cc4)c4ccc(-c5ccc6sc7ccccc7c6c5)cc4)cccc3c12. The van der Waals surface area contributed by atoms with Crippen molar-refractivity contribution in [2.24, 2.45) is 0 Å². The first-order chi connectivity index (χ1) is 23.9. The minimum absolute atomic E-state index is 0.0204. The number of fused-ring (bicyclic) bond motifs is 6. The zero-order chi connectivity index (χ0) is 33.1. The summed E-state index contributed by atoms with van der Waals surface area (Å²) < 4.78 is 9.40. The van der Waals surface area contributed by atoms with Crippen LogP contribution in [-0.4, -0.2) is 0 Å². The Labute approximate surface area is 290 Å². The van der Waals surface area contributed by atoms with Crippen molar-refractivity contribution >= 4 is 70.5 Å². The lowest BCUT2D eigenvalue weighted by Crippen LogP contribution is -2.11. The van der Waals surface area contributed by atoms with Crippen LogP contribution in [-0.2, 0) is 5.41 Å². The second-order valence-corrected chi connectivity index (χ2v) is 14.9. The van der Waals surface area contributed by atoms with Gasteiger partial charge in [-0.2, -0.15) is 0 Å². The fraction of sp³-hybridized carbons (Fsp3) is 0.0870. The summed E-state index contributed by atoms with van der Waals surface area (Å²) in [6.45, 7) is 6.81. The number of thiophene rings is 1. The minimum Gasteiger partial charge on any atom is -0.454 e. The molecular weight excluding hydrogens is 615 g/mol. The Bertz CT molecular complexity index is 2620. The van der Waals surface area contributed by atoms with Crippen LogP contribution in [0.1, 0.15) is 26.3 Å². The highest BCUT2D eigenvalue weighted by Crippen LogP contribution is 2.45. The summed E-state index contributed by atoms with van der Waals surface area (Å²) in [7, 11) is 0. The maximum Gasteiger partial charge on any atom is 0.159 e. The highest BCUT2D eigenvalue weighted by Gasteiger charge is 2.24. The Morgan fingerprint density at radius 2 is 1.08 bits per heavy atom. The highest BCUT2D eigenvalue weighted by molar-refractivity contribution is 7.25. The summed E-state index contributed by atoms with van der Waals surface area (Å²) in [4.78, 5) is 2.33. The van der Waals surface area contributed by atoms with Crippen LogP contribution >= 0.6 is 11.3 Å². The number of benzene rings is 7. The molecule has 7 aromatic carbocycles. The molecule has 0 atom stereocenters. The molecule has 9 rings (SSSR count).